The number of hydrogen-bond donors (Lipinski definition) is 2. The minimum absolute atomic E-state index is 0.143. The zero-order chi connectivity index (χ0) is 19.2. The van der Waals surface area contributed by atoms with E-state index in [0.717, 1.165) is 5.69 Å². The van der Waals surface area contributed by atoms with Gasteiger partial charge in [-0.25, -0.2) is 9.78 Å². The third-order valence-corrected chi connectivity index (χ3v) is 4.82. The highest BCUT2D eigenvalue weighted by molar-refractivity contribution is 5.66. The van der Waals surface area contributed by atoms with E-state index in [-0.39, 0.29) is 18.1 Å². The number of alkyl halides is 2. The quantitative estimate of drug-likeness (QED) is 0.832. The molecule has 4 heterocycles. The Kier molecular flexibility index (Phi) is 4.10. The molecule has 0 aliphatic carbocycles. The lowest BCUT2D eigenvalue weighted by molar-refractivity contribution is -0.0709. The van der Waals surface area contributed by atoms with Gasteiger partial charge in [0.15, 0.2) is 11.6 Å². The number of carbonyl (C=O) groups is 1. The summed E-state index contributed by atoms with van der Waals surface area (Å²) in [7, 11) is 0. The molecular weight excluding hydrogens is 364 g/mol. The lowest BCUT2D eigenvalue weighted by Crippen LogP contribution is -2.41. The number of nitrogens with two attached hydrogens (primary N) is 1. The van der Waals surface area contributed by atoms with Crippen molar-refractivity contribution in [1.82, 2.24) is 19.7 Å². The first kappa shape index (κ1) is 17.5. The number of fused-ring (bicyclic) bond motifs is 2. The Hall–Kier alpha value is -2.95. The second kappa shape index (κ2) is 6.34. The lowest BCUT2D eigenvalue weighted by atomic mass is 9.96. The summed E-state index contributed by atoms with van der Waals surface area (Å²) < 4.78 is 37.2. The van der Waals surface area contributed by atoms with Crippen LogP contribution in [0.15, 0.2) is 18.3 Å². The van der Waals surface area contributed by atoms with Gasteiger partial charge in [-0.3, -0.25) is 4.68 Å². The Morgan fingerprint density at radius 3 is 2.93 bits per heavy atom. The Morgan fingerprint density at radius 1 is 1.41 bits per heavy atom. The van der Waals surface area contributed by atoms with E-state index in [0.29, 0.717) is 37.4 Å². The fraction of sp³-hybridized carbons (Fsp3) is 0.438. The molecule has 0 saturated carbocycles. The van der Waals surface area contributed by atoms with E-state index in [1.54, 1.807) is 10.7 Å². The maximum Gasteiger partial charge on any atom is 0.407 e. The number of halogens is 2. The summed E-state index contributed by atoms with van der Waals surface area (Å²) in [5.74, 6) is -0.368. The van der Waals surface area contributed by atoms with Gasteiger partial charge in [0.2, 0.25) is 0 Å². The zero-order valence-electron chi connectivity index (χ0n) is 14.1. The monoisotopic (exact) mass is 381 g/mol. The standard InChI is InChI=1S/C16H17F2N5O4/c17-14(18)27-11-5-9(7-20-13(11)19)10-6-12-16(26-4-3-23(12)21-10)1-2-22(8-16)15(24)25/h5-7,14H,1-4,8H2,(H2,19,20)(H,24,25). The van der Waals surface area contributed by atoms with Gasteiger partial charge in [0.1, 0.15) is 5.60 Å². The molecule has 1 atom stereocenters. The highest BCUT2D eigenvalue weighted by Crippen LogP contribution is 2.40. The van der Waals surface area contributed by atoms with Crippen LogP contribution < -0.4 is 10.5 Å². The summed E-state index contributed by atoms with van der Waals surface area (Å²) in [5, 5.41) is 13.7. The Bertz CT molecular complexity index is 890. The van der Waals surface area contributed by atoms with Gasteiger partial charge in [-0.1, -0.05) is 0 Å². The molecule has 2 aromatic rings. The van der Waals surface area contributed by atoms with Crippen LogP contribution >= 0.6 is 0 Å². The highest BCUT2D eigenvalue weighted by Gasteiger charge is 2.46. The van der Waals surface area contributed by atoms with E-state index in [2.05, 4.69) is 14.8 Å². The minimum atomic E-state index is -3.02. The van der Waals surface area contributed by atoms with Crippen LogP contribution in [0.5, 0.6) is 5.75 Å². The molecule has 4 rings (SSSR count). The predicted octanol–water partition coefficient (Wildman–Crippen LogP) is 1.74. The van der Waals surface area contributed by atoms with Crippen molar-refractivity contribution < 1.29 is 28.2 Å². The molecule has 0 bridgehead atoms. The summed E-state index contributed by atoms with van der Waals surface area (Å²) in [6.45, 7) is -1.52. The molecule has 1 spiro atoms. The first-order valence-corrected chi connectivity index (χ1v) is 8.29. The van der Waals surface area contributed by atoms with Crippen LogP contribution in [0.4, 0.5) is 19.4 Å². The van der Waals surface area contributed by atoms with Crippen LogP contribution in [0.25, 0.3) is 11.3 Å². The normalized spacial score (nSPS) is 21.7. The molecule has 3 N–H and O–H groups in total. The van der Waals surface area contributed by atoms with Gasteiger partial charge in [-0.05, 0) is 12.1 Å². The van der Waals surface area contributed by atoms with Gasteiger partial charge in [-0.15, -0.1) is 0 Å². The number of anilines is 1. The maximum absolute atomic E-state index is 12.5. The minimum Gasteiger partial charge on any atom is -0.465 e. The van der Waals surface area contributed by atoms with Gasteiger partial charge in [-0.2, -0.15) is 13.9 Å². The highest BCUT2D eigenvalue weighted by atomic mass is 19.3. The second-order valence-corrected chi connectivity index (χ2v) is 6.42. The smallest absolute Gasteiger partial charge is 0.407 e. The van der Waals surface area contributed by atoms with Crippen molar-refractivity contribution in [2.45, 2.75) is 25.2 Å². The van der Waals surface area contributed by atoms with E-state index >= 15 is 0 Å². The van der Waals surface area contributed by atoms with Crippen LogP contribution in [0.1, 0.15) is 12.1 Å². The summed E-state index contributed by atoms with van der Waals surface area (Å²) >= 11 is 0. The van der Waals surface area contributed by atoms with Crippen molar-refractivity contribution in [3.8, 4) is 17.0 Å². The molecule has 1 amide bonds. The van der Waals surface area contributed by atoms with Crippen molar-refractivity contribution in [2.24, 2.45) is 0 Å². The molecule has 1 fully saturated rings. The number of aromatic nitrogens is 3. The number of ether oxygens (including phenoxy) is 2. The van der Waals surface area contributed by atoms with E-state index in [1.165, 1.54) is 17.2 Å². The van der Waals surface area contributed by atoms with Crippen molar-refractivity contribution >= 4 is 11.9 Å². The van der Waals surface area contributed by atoms with Crippen molar-refractivity contribution in [1.29, 1.82) is 0 Å². The maximum atomic E-state index is 12.5. The first-order valence-electron chi connectivity index (χ1n) is 8.29. The van der Waals surface area contributed by atoms with Crippen molar-refractivity contribution in [3.05, 3.63) is 24.0 Å². The first-order chi connectivity index (χ1) is 12.9. The SMILES string of the molecule is Nc1ncc(-c2cc3n(n2)CCOC32CCN(C(=O)O)C2)cc1OC(F)F. The van der Waals surface area contributed by atoms with Crippen LogP contribution in [-0.2, 0) is 16.9 Å². The Balaban J connectivity index is 1.69. The summed E-state index contributed by atoms with van der Waals surface area (Å²) in [6.07, 6.45) is 0.946. The van der Waals surface area contributed by atoms with Crippen LogP contribution in [0.3, 0.4) is 0 Å². The molecule has 0 aromatic carbocycles. The lowest BCUT2D eigenvalue weighted by Gasteiger charge is -2.33. The summed E-state index contributed by atoms with van der Waals surface area (Å²) in [6, 6.07) is 3.12. The average Bonchev–Trinajstić information content (AvgIpc) is 3.23. The molecule has 27 heavy (non-hydrogen) atoms. The molecular formula is C16H17F2N5O4. The van der Waals surface area contributed by atoms with Gasteiger partial charge in [0.25, 0.3) is 0 Å². The van der Waals surface area contributed by atoms with E-state index in [1.807, 2.05) is 0 Å². The molecule has 0 radical (unpaired) electrons. The van der Waals surface area contributed by atoms with E-state index in [9.17, 15) is 18.7 Å². The molecule has 1 unspecified atom stereocenters. The molecule has 1 saturated heterocycles. The fourth-order valence-electron chi connectivity index (χ4n) is 3.55. The van der Waals surface area contributed by atoms with Gasteiger partial charge in [0, 0.05) is 24.7 Å². The third kappa shape index (κ3) is 3.03. The largest absolute Gasteiger partial charge is 0.465 e. The second-order valence-electron chi connectivity index (χ2n) is 6.42. The molecule has 144 valence electrons. The van der Waals surface area contributed by atoms with Gasteiger partial charge >= 0.3 is 12.7 Å². The van der Waals surface area contributed by atoms with Gasteiger partial charge in [0.05, 0.1) is 31.1 Å². The van der Waals surface area contributed by atoms with E-state index < -0.39 is 18.3 Å². The molecule has 9 nitrogen and oxygen atoms in total. The number of carboxylic acid groups (broad SMARTS) is 1. The Morgan fingerprint density at radius 2 is 2.22 bits per heavy atom. The third-order valence-electron chi connectivity index (χ3n) is 4.82. The Labute approximate surface area is 152 Å². The molecule has 2 aromatic heterocycles. The van der Waals surface area contributed by atoms with E-state index in [4.69, 9.17) is 10.5 Å². The number of hydrogen-bond acceptors (Lipinski definition) is 6. The number of likely N-dealkylation sites (tertiary alicyclic amines) is 1. The molecule has 2 aliphatic heterocycles. The van der Waals surface area contributed by atoms with Crippen LogP contribution in [-0.4, -0.2) is 57.2 Å². The van der Waals surface area contributed by atoms with Gasteiger partial charge < -0.3 is 25.2 Å². The number of amides is 1. The summed E-state index contributed by atoms with van der Waals surface area (Å²) in [4.78, 5) is 16.5. The predicted molar refractivity (Wildman–Crippen MR) is 88.3 cm³/mol. The van der Waals surface area contributed by atoms with Crippen molar-refractivity contribution in [2.75, 3.05) is 25.4 Å². The number of rotatable bonds is 3. The van der Waals surface area contributed by atoms with Crippen LogP contribution in [0.2, 0.25) is 0 Å². The van der Waals surface area contributed by atoms with Crippen molar-refractivity contribution in [3.63, 3.8) is 0 Å². The summed E-state index contributed by atoms with van der Waals surface area (Å²) in [5.41, 5.74) is 6.53. The molecule has 2 aliphatic rings. The zero-order valence-corrected chi connectivity index (χ0v) is 14.1. The molecule has 11 heteroatoms. The average molecular weight is 381 g/mol. The topological polar surface area (TPSA) is 116 Å². The number of nitrogen functional groups attached to an aromatic ring is 1. The number of nitrogens with zero attached hydrogens (tertiary/aromatic N) is 4. The number of pyridine rings is 1. The van der Waals surface area contributed by atoms with Crippen LogP contribution in [0, 0.1) is 0 Å². The fourth-order valence-corrected chi connectivity index (χ4v) is 3.55.